The molecule has 3 nitrogen and oxygen atoms in total. The lowest BCUT2D eigenvalue weighted by Gasteiger charge is -2.46. The summed E-state index contributed by atoms with van der Waals surface area (Å²) in [4.78, 5) is 0. The van der Waals surface area contributed by atoms with Gasteiger partial charge in [0.1, 0.15) is 5.75 Å². The molecular formula is C25H43NO2. The lowest BCUT2D eigenvalue weighted by Crippen LogP contribution is -2.59. The fourth-order valence-corrected chi connectivity index (χ4v) is 4.97. The molecule has 28 heavy (non-hydrogen) atoms. The first-order valence-electron chi connectivity index (χ1n) is 10.8. The number of hydrogen-bond acceptors (Lipinski definition) is 3. The van der Waals surface area contributed by atoms with Crippen LogP contribution in [0.4, 0.5) is 0 Å². The lowest BCUT2D eigenvalue weighted by atomic mass is 9.77. The van der Waals surface area contributed by atoms with Crippen LogP contribution in [0.1, 0.15) is 98.8 Å². The van der Waals surface area contributed by atoms with E-state index in [0.717, 1.165) is 30.4 Å². The van der Waals surface area contributed by atoms with Gasteiger partial charge in [0.05, 0.1) is 12.7 Å². The largest absolute Gasteiger partial charge is 0.507 e. The molecule has 0 atom stereocenters. The van der Waals surface area contributed by atoms with Crippen molar-refractivity contribution in [3.05, 3.63) is 28.8 Å². The first-order valence-corrected chi connectivity index (χ1v) is 10.8. The maximum atomic E-state index is 11.1. The Hall–Kier alpha value is -1.06. The predicted molar refractivity (Wildman–Crippen MR) is 119 cm³/mol. The van der Waals surface area contributed by atoms with Crippen LogP contribution >= 0.6 is 0 Å². The molecule has 0 amide bonds. The van der Waals surface area contributed by atoms with Crippen LogP contribution in [0.2, 0.25) is 0 Å². The van der Waals surface area contributed by atoms with Gasteiger partial charge < -0.3 is 15.2 Å². The number of hydrogen-bond donors (Lipinski definition) is 2. The number of piperidine rings is 1. The second-order valence-electron chi connectivity index (χ2n) is 12.0. The first-order chi connectivity index (χ1) is 12.5. The van der Waals surface area contributed by atoms with Gasteiger partial charge in [-0.15, -0.1) is 0 Å². The Labute approximate surface area is 173 Å². The third-order valence-electron chi connectivity index (χ3n) is 5.70. The van der Waals surface area contributed by atoms with E-state index in [0.29, 0.717) is 12.4 Å². The molecule has 0 unspecified atom stereocenters. The molecule has 160 valence electrons. The van der Waals surface area contributed by atoms with Gasteiger partial charge in [-0.25, -0.2) is 0 Å². The van der Waals surface area contributed by atoms with E-state index in [1.165, 1.54) is 5.56 Å². The predicted octanol–water partition coefficient (Wildman–Crippen LogP) is 5.86. The number of benzene rings is 1. The second-order valence-corrected chi connectivity index (χ2v) is 12.0. The van der Waals surface area contributed by atoms with Gasteiger partial charge in [-0.05, 0) is 68.9 Å². The highest BCUT2D eigenvalue weighted by atomic mass is 16.5. The number of nitrogens with one attached hydrogen (secondary N) is 1. The smallest absolute Gasteiger partial charge is 0.123 e. The minimum atomic E-state index is -0.112. The molecular weight excluding hydrogens is 346 g/mol. The second kappa shape index (κ2) is 7.65. The molecule has 1 aromatic carbocycles. The van der Waals surface area contributed by atoms with Crippen LogP contribution in [0, 0.1) is 0 Å². The van der Waals surface area contributed by atoms with Crippen molar-refractivity contribution < 1.29 is 9.84 Å². The molecule has 0 saturated carbocycles. The quantitative estimate of drug-likeness (QED) is 0.678. The van der Waals surface area contributed by atoms with E-state index in [1.54, 1.807) is 0 Å². The van der Waals surface area contributed by atoms with Crippen LogP contribution in [0.15, 0.2) is 12.1 Å². The summed E-state index contributed by atoms with van der Waals surface area (Å²) in [6, 6.07) is 4.29. The van der Waals surface area contributed by atoms with Gasteiger partial charge in [0.25, 0.3) is 0 Å². The highest BCUT2D eigenvalue weighted by Crippen LogP contribution is 2.41. The van der Waals surface area contributed by atoms with Crippen molar-refractivity contribution in [1.82, 2.24) is 5.32 Å². The molecule has 0 radical (unpaired) electrons. The van der Waals surface area contributed by atoms with E-state index in [4.69, 9.17) is 4.74 Å². The molecule has 3 heteroatoms. The zero-order chi connectivity index (χ0) is 21.5. The molecule has 1 saturated heterocycles. The van der Waals surface area contributed by atoms with Crippen molar-refractivity contribution in [2.24, 2.45) is 0 Å². The topological polar surface area (TPSA) is 41.5 Å². The summed E-state index contributed by atoms with van der Waals surface area (Å²) < 4.78 is 6.34. The molecule has 1 aromatic rings. The van der Waals surface area contributed by atoms with Crippen LogP contribution in [-0.2, 0) is 22.0 Å². The Balaban J connectivity index is 2.17. The number of ether oxygens (including phenoxy) is 1. The van der Waals surface area contributed by atoms with Crippen molar-refractivity contribution in [2.45, 2.75) is 117 Å². The fraction of sp³-hybridized carbons (Fsp3) is 0.760. The molecule has 1 aliphatic rings. The van der Waals surface area contributed by atoms with Crippen LogP contribution in [0.3, 0.4) is 0 Å². The van der Waals surface area contributed by atoms with Crippen LogP contribution in [0.5, 0.6) is 5.75 Å². The molecule has 0 spiro atoms. The molecule has 0 bridgehead atoms. The molecule has 0 aromatic heterocycles. The van der Waals surface area contributed by atoms with Gasteiger partial charge in [0.15, 0.2) is 0 Å². The standard InChI is InChI=1S/C25H43NO2/c1-22(2,3)19-12-11-17(20(21(19)27)23(4,5)6)13-14-28-18-15-24(7,8)26-25(9,10)16-18/h11-12,18,26-27H,13-16H2,1-10H3. The zero-order valence-electron chi connectivity index (χ0n) is 19.9. The van der Waals surface area contributed by atoms with E-state index in [2.05, 4.69) is 86.7 Å². The Kier molecular flexibility index (Phi) is 6.34. The molecule has 2 N–H and O–H groups in total. The van der Waals surface area contributed by atoms with E-state index in [9.17, 15) is 5.11 Å². The molecule has 2 rings (SSSR count). The van der Waals surface area contributed by atoms with Gasteiger partial charge >= 0.3 is 0 Å². The Morgan fingerprint density at radius 2 is 1.50 bits per heavy atom. The summed E-state index contributed by atoms with van der Waals surface area (Å²) in [5.41, 5.74) is 3.28. The van der Waals surface area contributed by atoms with Gasteiger partial charge in [-0.2, -0.15) is 0 Å². The monoisotopic (exact) mass is 389 g/mol. The zero-order valence-corrected chi connectivity index (χ0v) is 19.9. The van der Waals surface area contributed by atoms with Crippen molar-refractivity contribution in [3.8, 4) is 5.75 Å². The van der Waals surface area contributed by atoms with Gasteiger partial charge in [0.2, 0.25) is 0 Å². The van der Waals surface area contributed by atoms with Gasteiger partial charge in [-0.1, -0.05) is 53.7 Å². The summed E-state index contributed by atoms with van der Waals surface area (Å²) in [6.07, 6.45) is 3.15. The Bertz CT molecular complexity index is 674. The van der Waals surface area contributed by atoms with Crippen LogP contribution in [-0.4, -0.2) is 28.9 Å². The van der Waals surface area contributed by atoms with Gasteiger partial charge in [0, 0.05) is 16.6 Å². The number of phenolic OH excluding ortho intramolecular Hbond substituents is 1. The van der Waals surface area contributed by atoms with Crippen molar-refractivity contribution in [2.75, 3.05) is 6.61 Å². The SMILES string of the molecule is CC1(C)CC(OCCc2ccc(C(C)(C)C)c(O)c2C(C)(C)C)CC(C)(C)N1. The molecule has 1 heterocycles. The van der Waals surface area contributed by atoms with E-state index < -0.39 is 0 Å². The fourth-order valence-electron chi connectivity index (χ4n) is 4.97. The van der Waals surface area contributed by atoms with Gasteiger partial charge in [-0.3, -0.25) is 0 Å². The summed E-state index contributed by atoms with van der Waals surface area (Å²) >= 11 is 0. The normalized spacial score (nSPS) is 20.4. The summed E-state index contributed by atoms with van der Waals surface area (Å²) in [5.74, 6) is 0.460. The third kappa shape index (κ3) is 5.73. The Morgan fingerprint density at radius 1 is 0.964 bits per heavy atom. The minimum Gasteiger partial charge on any atom is -0.507 e. The number of rotatable bonds is 4. The molecule has 1 aliphatic heterocycles. The Morgan fingerprint density at radius 3 is 1.96 bits per heavy atom. The minimum absolute atomic E-state index is 0.0780. The summed E-state index contributed by atoms with van der Waals surface area (Å²) in [7, 11) is 0. The number of phenols is 1. The summed E-state index contributed by atoms with van der Waals surface area (Å²) in [6.45, 7) is 22.7. The van der Waals surface area contributed by atoms with Crippen LogP contribution < -0.4 is 5.32 Å². The molecule has 1 fully saturated rings. The maximum absolute atomic E-state index is 11.1. The van der Waals surface area contributed by atoms with E-state index in [1.807, 2.05) is 0 Å². The van der Waals surface area contributed by atoms with E-state index in [-0.39, 0.29) is 28.0 Å². The highest BCUT2D eigenvalue weighted by molar-refractivity contribution is 5.51. The van der Waals surface area contributed by atoms with E-state index >= 15 is 0 Å². The highest BCUT2D eigenvalue weighted by Gasteiger charge is 2.38. The van der Waals surface area contributed by atoms with Crippen molar-refractivity contribution >= 4 is 0 Å². The average Bonchev–Trinajstić information content (AvgIpc) is 2.40. The molecule has 0 aliphatic carbocycles. The third-order valence-corrected chi connectivity index (χ3v) is 5.70. The first kappa shape index (κ1) is 23.2. The summed E-state index contributed by atoms with van der Waals surface area (Å²) in [5, 5.41) is 14.8. The van der Waals surface area contributed by atoms with Crippen molar-refractivity contribution in [3.63, 3.8) is 0 Å². The lowest BCUT2D eigenvalue weighted by molar-refractivity contribution is -0.0204. The number of aromatic hydroxyl groups is 1. The maximum Gasteiger partial charge on any atom is 0.123 e. The van der Waals surface area contributed by atoms with Crippen LogP contribution in [0.25, 0.3) is 0 Å². The average molecular weight is 390 g/mol. The van der Waals surface area contributed by atoms with Crippen molar-refractivity contribution in [1.29, 1.82) is 0 Å².